The van der Waals surface area contributed by atoms with Crippen LogP contribution in [-0.4, -0.2) is 18.8 Å². The van der Waals surface area contributed by atoms with E-state index in [2.05, 4.69) is 47.8 Å². The highest BCUT2D eigenvalue weighted by atomic mass is 79.9. The molecular formula is C11H11Br3O. The van der Waals surface area contributed by atoms with E-state index in [9.17, 15) is 5.11 Å². The zero-order chi connectivity index (χ0) is 10.3. The highest BCUT2D eigenvalue weighted by molar-refractivity contribution is 9.25. The van der Waals surface area contributed by atoms with Crippen molar-refractivity contribution in [2.75, 3.05) is 0 Å². The molecule has 6 aliphatic rings. The van der Waals surface area contributed by atoms with Crippen molar-refractivity contribution in [1.82, 2.24) is 0 Å². The molecule has 0 aliphatic heterocycles. The van der Waals surface area contributed by atoms with E-state index in [1.807, 2.05) is 0 Å². The molecule has 0 aromatic carbocycles. The number of rotatable bonds is 0. The molecule has 9 unspecified atom stereocenters. The average molecular weight is 399 g/mol. The molecule has 6 fully saturated rings. The fourth-order valence-corrected chi connectivity index (χ4v) is 10.4. The molecule has 0 saturated heterocycles. The minimum absolute atomic E-state index is 0.0424. The predicted octanol–water partition coefficient (Wildman–Crippen LogP) is 2.74. The zero-order valence-electron chi connectivity index (χ0n) is 7.91. The normalized spacial score (nSPS) is 79.2. The van der Waals surface area contributed by atoms with E-state index in [1.54, 1.807) is 0 Å². The van der Waals surface area contributed by atoms with Crippen molar-refractivity contribution in [1.29, 1.82) is 0 Å². The third-order valence-corrected chi connectivity index (χ3v) is 9.73. The minimum atomic E-state index is -0.412. The van der Waals surface area contributed by atoms with E-state index in [-0.39, 0.29) is 3.23 Å². The number of alkyl halides is 3. The Labute approximate surface area is 114 Å². The van der Waals surface area contributed by atoms with Crippen molar-refractivity contribution < 1.29 is 5.11 Å². The molecule has 6 rings (SSSR count). The van der Waals surface area contributed by atoms with Crippen molar-refractivity contribution in [2.45, 2.75) is 20.1 Å². The van der Waals surface area contributed by atoms with Crippen molar-refractivity contribution in [3.8, 4) is 0 Å². The Morgan fingerprint density at radius 1 is 1.07 bits per heavy atom. The number of hydrogen-bond donors (Lipinski definition) is 1. The molecule has 0 radical (unpaired) electrons. The summed E-state index contributed by atoms with van der Waals surface area (Å²) in [5.41, 5.74) is -0.412. The van der Waals surface area contributed by atoms with Gasteiger partial charge in [-0.25, -0.2) is 0 Å². The van der Waals surface area contributed by atoms with E-state index >= 15 is 0 Å². The van der Waals surface area contributed by atoms with Gasteiger partial charge in [-0.2, -0.15) is 0 Å². The van der Waals surface area contributed by atoms with Gasteiger partial charge in [0, 0.05) is 10.7 Å². The molecule has 0 amide bonds. The van der Waals surface area contributed by atoms with Crippen LogP contribution in [0.3, 0.4) is 0 Å². The Morgan fingerprint density at radius 2 is 1.73 bits per heavy atom. The first kappa shape index (κ1) is 9.35. The largest absolute Gasteiger partial charge is 0.388 e. The van der Waals surface area contributed by atoms with Crippen LogP contribution in [0.4, 0.5) is 0 Å². The smallest absolute Gasteiger partial charge is 0.0898 e. The molecule has 4 heteroatoms. The third kappa shape index (κ3) is 0.609. The van der Waals surface area contributed by atoms with Crippen LogP contribution in [0, 0.1) is 41.4 Å². The van der Waals surface area contributed by atoms with Gasteiger partial charge < -0.3 is 5.11 Å². The molecular weight excluding hydrogens is 388 g/mol. The molecule has 6 aliphatic carbocycles. The topological polar surface area (TPSA) is 20.2 Å². The van der Waals surface area contributed by atoms with Crippen LogP contribution in [0.1, 0.15) is 6.42 Å². The maximum atomic E-state index is 11.0. The molecule has 9 atom stereocenters. The first-order valence-electron chi connectivity index (χ1n) is 5.75. The van der Waals surface area contributed by atoms with Crippen LogP contribution < -0.4 is 0 Å². The number of halogens is 3. The van der Waals surface area contributed by atoms with Crippen LogP contribution in [0.25, 0.3) is 0 Å². The summed E-state index contributed by atoms with van der Waals surface area (Å²) in [6, 6.07) is 0. The molecule has 0 spiro atoms. The quantitative estimate of drug-likeness (QED) is 0.622. The van der Waals surface area contributed by atoms with E-state index in [4.69, 9.17) is 0 Å². The first-order valence-corrected chi connectivity index (χ1v) is 8.25. The number of hydrogen-bond acceptors (Lipinski definition) is 1. The summed E-state index contributed by atoms with van der Waals surface area (Å²) in [5, 5.41) is 11.0. The van der Waals surface area contributed by atoms with Gasteiger partial charge in [0.15, 0.2) is 0 Å². The Morgan fingerprint density at radius 3 is 2.40 bits per heavy atom. The maximum absolute atomic E-state index is 11.0. The second-order valence-electron chi connectivity index (χ2n) is 6.21. The van der Waals surface area contributed by atoms with Crippen LogP contribution in [-0.2, 0) is 0 Å². The van der Waals surface area contributed by atoms with Gasteiger partial charge in [0.1, 0.15) is 0 Å². The van der Waals surface area contributed by atoms with Gasteiger partial charge in [0.25, 0.3) is 0 Å². The Balaban J connectivity index is 1.88. The van der Waals surface area contributed by atoms with E-state index in [1.165, 1.54) is 6.42 Å². The third-order valence-electron chi connectivity index (χ3n) is 6.34. The van der Waals surface area contributed by atoms with Crippen molar-refractivity contribution in [3.63, 3.8) is 0 Å². The van der Waals surface area contributed by atoms with Gasteiger partial charge in [0.05, 0.1) is 8.83 Å². The number of aliphatic hydroxyl groups is 1. The monoisotopic (exact) mass is 396 g/mol. The zero-order valence-corrected chi connectivity index (χ0v) is 12.7. The minimum Gasteiger partial charge on any atom is -0.388 e. The van der Waals surface area contributed by atoms with Crippen molar-refractivity contribution in [3.05, 3.63) is 0 Å². The summed E-state index contributed by atoms with van der Waals surface area (Å²) in [5.74, 6) is 4.93. The highest BCUT2D eigenvalue weighted by Gasteiger charge is 2.91. The molecule has 6 bridgehead atoms. The van der Waals surface area contributed by atoms with Crippen molar-refractivity contribution in [2.24, 2.45) is 41.4 Å². The predicted molar refractivity (Wildman–Crippen MR) is 67.3 cm³/mol. The Bertz CT molecular complexity index is 395. The molecule has 0 aromatic rings. The SMILES string of the molecule is OC12C(Br)C3C4CC5C3C1C(Br)(Br)C5C42. The lowest BCUT2D eigenvalue weighted by atomic mass is 9.69. The average Bonchev–Trinajstić information content (AvgIpc) is 2.81. The second kappa shape index (κ2) is 2.17. The molecule has 1 N–H and O–H groups in total. The Hall–Kier alpha value is 1.40. The second-order valence-corrected chi connectivity index (χ2v) is 10.9. The van der Waals surface area contributed by atoms with E-state index in [0.717, 1.165) is 23.7 Å². The lowest BCUT2D eigenvalue weighted by Crippen LogP contribution is -2.46. The highest BCUT2D eigenvalue weighted by Crippen LogP contribution is 2.89. The summed E-state index contributed by atoms with van der Waals surface area (Å²) in [6.45, 7) is 0. The van der Waals surface area contributed by atoms with Crippen LogP contribution in [0.2, 0.25) is 0 Å². The summed E-state index contributed by atoms with van der Waals surface area (Å²) in [6.07, 6.45) is 1.38. The molecule has 82 valence electrons. The van der Waals surface area contributed by atoms with Gasteiger partial charge in [0.2, 0.25) is 0 Å². The van der Waals surface area contributed by atoms with E-state index in [0.29, 0.717) is 22.6 Å². The summed E-state index contributed by atoms with van der Waals surface area (Å²) in [7, 11) is 0. The molecule has 1 nitrogen and oxygen atoms in total. The van der Waals surface area contributed by atoms with Crippen LogP contribution in [0.5, 0.6) is 0 Å². The van der Waals surface area contributed by atoms with Gasteiger partial charge in [-0.1, -0.05) is 47.8 Å². The van der Waals surface area contributed by atoms with Gasteiger partial charge in [-0.05, 0) is 41.9 Å². The first-order chi connectivity index (χ1) is 7.00. The molecule has 15 heavy (non-hydrogen) atoms. The summed E-state index contributed by atoms with van der Waals surface area (Å²) < 4.78 is 0.0424. The maximum Gasteiger partial charge on any atom is 0.0898 e. The lowest BCUT2D eigenvalue weighted by Gasteiger charge is -2.38. The fourth-order valence-electron chi connectivity index (χ4n) is 6.49. The van der Waals surface area contributed by atoms with Crippen LogP contribution in [0.15, 0.2) is 0 Å². The van der Waals surface area contributed by atoms with Gasteiger partial charge >= 0.3 is 0 Å². The molecule has 0 heterocycles. The standard InChI is InChI=1S/C11H11Br3O/c12-9-5-3-1-2-4(5)8-10(9,15)6(3)7(2)11(8,13)14/h2-9,15H,1H2. The molecule has 6 saturated carbocycles. The van der Waals surface area contributed by atoms with Gasteiger partial charge in [-0.15, -0.1) is 0 Å². The van der Waals surface area contributed by atoms with Crippen LogP contribution >= 0.6 is 47.8 Å². The van der Waals surface area contributed by atoms with Gasteiger partial charge in [-0.3, -0.25) is 0 Å². The lowest BCUT2D eigenvalue weighted by molar-refractivity contribution is -0.0514. The summed E-state index contributed by atoms with van der Waals surface area (Å²) >= 11 is 11.6. The Kier molecular flexibility index (Phi) is 1.35. The molecule has 0 aromatic heterocycles. The fraction of sp³-hybridized carbons (Fsp3) is 1.00. The summed E-state index contributed by atoms with van der Waals surface area (Å²) in [4.78, 5) is 0.363. The van der Waals surface area contributed by atoms with E-state index < -0.39 is 5.60 Å². The van der Waals surface area contributed by atoms with Crippen molar-refractivity contribution >= 4 is 47.8 Å².